The molecule has 0 spiro atoms. The van der Waals surface area contributed by atoms with Crippen molar-refractivity contribution in [1.29, 1.82) is 0 Å². The van der Waals surface area contributed by atoms with Crippen LogP contribution in [-0.4, -0.2) is 34.3 Å². The highest BCUT2D eigenvalue weighted by atomic mass is 35.5. The average Bonchev–Trinajstić information content (AvgIpc) is 3.59. The molecule has 2 aliphatic rings. The van der Waals surface area contributed by atoms with Gasteiger partial charge in [0.1, 0.15) is 5.84 Å². The normalized spacial score (nSPS) is 19.1. The number of benzene rings is 1. The molecule has 2 aromatic heterocycles. The zero-order valence-electron chi connectivity index (χ0n) is 19.1. The highest BCUT2D eigenvalue weighted by Crippen LogP contribution is 2.50. The predicted octanol–water partition coefficient (Wildman–Crippen LogP) is 6.44. The number of fused-ring (bicyclic) bond motifs is 1. The summed E-state index contributed by atoms with van der Waals surface area (Å²) in [7, 11) is 0. The van der Waals surface area contributed by atoms with E-state index in [1.165, 1.54) is 11.3 Å². The second-order valence-electron chi connectivity index (χ2n) is 8.64. The molecule has 0 saturated carbocycles. The van der Waals surface area contributed by atoms with Crippen molar-refractivity contribution < 1.29 is 27.2 Å². The molecule has 2 aliphatic heterocycles. The summed E-state index contributed by atoms with van der Waals surface area (Å²) >= 11 is 14.4. The fourth-order valence-electron chi connectivity index (χ4n) is 4.25. The number of halogens is 6. The Hall–Kier alpha value is -2.41. The summed E-state index contributed by atoms with van der Waals surface area (Å²) in [4.78, 5) is 26.0. The van der Waals surface area contributed by atoms with Crippen LogP contribution in [0.25, 0.3) is 0 Å². The number of hydrogen-bond acceptors (Lipinski definition) is 7. The third kappa shape index (κ3) is 4.80. The SMILES string of the molecule is Cc1ncsc1CCNC(=O)c1cc2c(s1)CN(C1=NOC(c3cc(Cl)c(F)c(Cl)c3)(C(F)(F)F)C1)C2. The van der Waals surface area contributed by atoms with E-state index in [-0.39, 0.29) is 24.8 Å². The first-order valence-electron chi connectivity index (χ1n) is 11.0. The van der Waals surface area contributed by atoms with Crippen molar-refractivity contribution in [3.8, 4) is 0 Å². The molecule has 0 bridgehead atoms. The molecule has 1 amide bonds. The minimum atomic E-state index is -4.88. The van der Waals surface area contributed by atoms with Gasteiger partial charge in [0, 0.05) is 34.8 Å². The van der Waals surface area contributed by atoms with Gasteiger partial charge < -0.3 is 15.1 Å². The van der Waals surface area contributed by atoms with Gasteiger partial charge in [0.25, 0.3) is 11.5 Å². The van der Waals surface area contributed by atoms with Crippen LogP contribution in [0.5, 0.6) is 0 Å². The lowest BCUT2D eigenvalue weighted by Gasteiger charge is -2.30. The van der Waals surface area contributed by atoms with Gasteiger partial charge in [-0.15, -0.1) is 22.7 Å². The minimum absolute atomic E-state index is 0.0863. The maximum atomic E-state index is 14.2. The second-order valence-corrected chi connectivity index (χ2v) is 11.5. The Morgan fingerprint density at radius 3 is 2.59 bits per heavy atom. The van der Waals surface area contributed by atoms with Crippen molar-refractivity contribution in [2.24, 2.45) is 5.16 Å². The van der Waals surface area contributed by atoms with Crippen molar-refractivity contribution in [3.63, 3.8) is 0 Å². The third-order valence-corrected chi connectivity index (χ3v) is 8.99. The smallest absolute Gasteiger partial charge is 0.372 e. The first kappa shape index (κ1) is 26.2. The van der Waals surface area contributed by atoms with Gasteiger partial charge in [0.05, 0.1) is 39.1 Å². The molecular formula is C23H18Cl2F4N4O2S2. The van der Waals surface area contributed by atoms with Crippen LogP contribution in [0, 0.1) is 12.7 Å². The number of carbonyl (C=O) groups is 1. The zero-order chi connectivity index (χ0) is 26.5. The number of nitrogens with zero attached hydrogens (tertiary/aromatic N) is 3. The van der Waals surface area contributed by atoms with E-state index in [0.717, 1.165) is 33.1 Å². The molecule has 3 aromatic rings. The van der Waals surface area contributed by atoms with Crippen LogP contribution in [0.1, 0.15) is 42.7 Å². The highest BCUT2D eigenvalue weighted by molar-refractivity contribution is 7.14. The number of thiazole rings is 1. The Bertz CT molecular complexity index is 1360. The molecule has 196 valence electrons. The number of carbonyl (C=O) groups excluding carboxylic acids is 1. The van der Waals surface area contributed by atoms with Crippen LogP contribution in [0.4, 0.5) is 17.6 Å². The van der Waals surface area contributed by atoms with Gasteiger partial charge in [-0.05, 0) is 30.7 Å². The number of amides is 1. The molecule has 37 heavy (non-hydrogen) atoms. The van der Waals surface area contributed by atoms with E-state index >= 15 is 0 Å². The van der Waals surface area contributed by atoms with E-state index in [1.54, 1.807) is 27.8 Å². The van der Waals surface area contributed by atoms with E-state index in [0.29, 0.717) is 17.8 Å². The number of hydrogen-bond donors (Lipinski definition) is 1. The Labute approximate surface area is 226 Å². The largest absolute Gasteiger partial charge is 0.435 e. The lowest BCUT2D eigenvalue weighted by atomic mass is 9.89. The standard InChI is InChI=1S/C23H18Cl2F4N4O2S2/c1-11-16(36-10-31-11)2-3-30-21(34)17-4-12-8-33(9-18(12)37-17)19-7-22(35-32-19,23(27,28)29)13-5-14(24)20(26)15(25)6-13/h4-6,10H,2-3,7-9H2,1H3,(H,30,34). The first-order valence-corrected chi connectivity index (χ1v) is 13.4. The van der Waals surface area contributed by atoms with Crippen LogP contribution < -0.4 is 5.32 Å². The number of amidine groups is 1. The van der Waals surface area contributed by atoms with E-state index in [9.17, 15) is 22.4 Å². The molecule has 0 radical (unpaired) electrons. The van der Waals surface area contributed by atoms with Crippen LogP contribution in [0.15, 0.2) is 28.9 Å². The van der Waals surface area contributed by atoms with Gasteiger partial charge >= 0.3 is 6.18 Å². The fraction of sp³-hybridized carbons (Fsp3) is 0.348. The zero-order valence-corrected chi connectivity index (χ0v) is 22.2. The number of thiophene rings is 1. The molecular weight excluding hydrogens is 575 g/mol. The van der Waals surface area contributed by atoms with Crippen molar-refractivity contribution in [3.05, 3.63) is 71.0 Å². The summed E-state index contributed by atoms with van der Waals surface area (Å²) in [6, 6.07) is 3.47. The van der Waals surface area contributed by atoms with Crippen molar-refractivity contribution in [1.82, 2.24) is 15.2 Å². The van der Waals surface area contributed by atoms with Gasteiger partial charge in [-0.3, -0.25) is 4.79 Å². The molecule has 1 aromatic carbocycles. The fourth-order valence-corrected chi connectivity index (χ4v) is 6.63. The van der Waals surface area contributed by atoms with Crippen molar-refractivity contribution >= 4 is 57.6 Å². The minimum Gasteiger partial charge on any atom is -0.372 e. The van der Waals surface area contributed by atoms with E-state index < -0.39 is 39.6 Å². The second kappa shape index (κ2) is 9.72. The van der Waals surface area contributed by atoms with E-state index in [1.807, 2.05) is 6.92 Å². The van der Waals surface area contributed by atoms with Crippen LogP contribution in [-0.2, 0) is 29.9 Å². The number of oxime groups is 1. The molecule has 0 saturated heterocycles. The van der Waals surface area contributed by atoms with Gasteiger partial charge in [0.2, 0.25) is 0 Å². The number of rotatable bonds is 5. The molecule has 0 aliphatic carbocycles. The molecule has 5 rings (SSSR count). The molecule has 14 heteroatoms. The summed E-state index contributed by atoms with van der Waals surface area (Å²) in [5.41, 5.74) is 0.282. The topological polar surface area (TPSA) is 66.8 Å². The number of nitrogens with one attached hydrogen (secondary N) is 1. The summed E-state index contributed by atoms with van der Waals surface area (Å²) in [5.74, 6) is -1.12. The predicted molar refractivity (Wildman–Crippen MR) is 134 cm³/mol. The molecule has 0 fully saturated rings. The summed E-state index contributed by atoms with van der Waals surface area (Å²) in [6.45, 7) is 2.96. The summed E-state index contributed by atoms with van der Waals surface area (Å²) < 4.78 is 56.6. The van der Waals surface area contributed by atoms with Gasteiger partial charge in [-0.2, -0.15) is 13.2 Å². The highest BCUT2D eigenvalue weighted by Gasteiger charge is 2.63. The lowest BCUT2D eigenvalue weighted by Crippen LogP contribution is -2.44. The maximum Gasteiger partial charge on any atom is 0.435 e. The van der Waals surface area contributed by atoms with E-state index in [2.05, 4.69) is 15.5 Å². The molecule has 1 N–H and O–H groups in total. The number of alkyl halides is 3. The molecule has 1 atom stereocenters. The van der Waals surface area contributed by atoms with Gasteiger partial charge in [0.15, 0.2) is 5.82 Å². The first-order chi connectivity index (χ1) is 17.5. The molecule has 6 nitrogen and oxygen atoms in total. The van der Waals surface area contributed by atoms with Crippen molar-refractivity contribution in [2.75, 3.05) is 6.54 Å². The van der Waals surface area contributed by atoms with Crippen molar-refractivity contribution in [2.45, 2.75) is 44.6 Å². The quantitative estimate of drug-likeness (QED) is 0.273. The van der Waals surface area contributed by atoms with Crippen LogP contribution in [0.2, 0.25) is 10.0 Å². The number of aryl methyl sites for hydroxylation is 1. The summed E-state index contributed by atoms with van der Waals surface area (Å²) in [6.07, 6.45) is -4.82. The summed E-state index contributed by atoms with van der Waals surface area (Å²) in [5, 5.41) is 5.57. The average molecular weight is 593 g/mol. The Morgan fingerprint density at radius 1 is 1.24 bits per heavy atom. The van der Waals surface area contributed by atoms with Gasteiger partial charge in [-0.25, -0.2) is 9.37 Å². The van der Waals surface area contributed by atoms with Gasteiger partial charge in [-0.1, -0.05) is 28.4 Å². The molecule has 1 unspecified atom stereocenters. The Morgan fingerprint density at radius 2 is 1.97 bits per heavy atom. The maximum absolute atomic E-state index is 14.2. The number of aromatic nitrogens is 1. The van der Waals surface area contributed by atoms with Crippen LogP contribution >= 0.6 is 45.9 Å². The monoisotopic (exact) mass is 592 g/mol. The Kier molecular flexibility index (Phi) is 6.88. The third-order valence-electron chi connectivity index (χ3n) is 6.29. The van der Waals surface area contributed by atoms with Crippen LogP contribution in [0.3, 0.4) is 0 Å². The Balaban J connectivity index is 1.25. The van der Waals surface area contributed by atoms with E-state index in [4.69, 9.17) is 28.0 Å². The lowest BCUT2D eigenvalue weighted by molar-refractivity contribution is -0.275. The molecule has 4 heterocycles.